The van der Waals surface area contributed by atoms with Crippen LogP contribution in [0.15, 0.2) is 0 Å². The van der Waals surface area contributed by atoms with Gasteiger partial charge in [0, 0.05) is 0 Å². The fourth-order valence-corrected chi connectivity index (χ4v) is 2.38. The van der Waals surface area contributed by atoms with Gasteiger partial charge < -0.3 is 0 Å². The summed E-state index contributed by atoms with van der Waals surface area (Å²) < 4.78 is 0. The molecule has 1 unspecified atom stereocenters. The maximum absolute atomic E-state index is 2.45. The van der Waals surface area contributed by atoms with Gasteiger partial charge in [0.15, 0.2) is 0 Å². The molecule has 0 aromatic heterocycles. The largest absolute Gasteiger partial charge is 0.119 e. The van der Waals surface area contributed by atoms with Gasteiger partial charge in [0.2, 0.25) is 0 Å². The van der Waals surface area contributed by atoms with Crippen molar-refractivity contribution >= 4 is 8.58 Å². The van der Waals surface area contributed by atoms with Gasteiger partial charge in [-0.2, -0.15) is 0 Å². The number of hydrogen-bond acceptors (Lipinski definition) is 0. The summed E-state index contributed by atoms with van der Waals surface area (Å²) in [6, 6.07) is 0. The molecule has 0 nitrogen and oxygen atoms in total. The fraction of sp³-hybridized carbons (Fsp3) is 1.00. The molecule has 0 fully saturated rings. The molecule has 0 aliphatic heterocycles. The predicted molar refractivity (Wildman–Crippen MR) is 66.3 cm³/mol. The molecule has 0 amide bonds. The summed E-state index contributed by atoms with van der Waals surface area (Å²) in [5.41, 5.74) is 0. The molecule has 13 heavy (non-hydrogen) atoms. The molecule has 1 heteroatoms. The van der Waals surface area contributed by atoms with Gasteiger partial charge in [-0.3, -0.25) is 0 Å². The fourth-order valence-electron chi connectivity index (χ4n) is 1.60. The van der Waals surface area contributed by atoms with Crippen molar-refractivity contribution in [2.24, 2.45) is 0 Å². The molecule has 2 atom stereocenters. The molecular weight excluding hydrogens is 175 g/mol. The zero-order valence-electron chi connectivity index (χ0n) is 9.95. The third-order valence-corrected chi connectivity index (χ3v) is 5.03. The summed E-state index contributed by atoms with van der Waals surface area (Å²) >= 11 is 0. The average Bonchev–Trinajstić information content (AvgIpc) is 2.17. The summed E-state index contributed by atoms with van der Waals surface area (Å²) in [7, 11) is 1.11. The molecule has 0 aromatic carbocycles. The van der Waals surface area contributed by atoms with Crippen LogP contribution in [0.3, 0.4) is 0 Å². The van der Waals surface area contributed by atoms with Gasteiger partial charge in [-0.15, -0.1) is 8.58 Å². The maximum Gasteiger partial charge on any atom is -0.0155 e. The third kappa shape index (κ3) is 6.49. The lowest BCUT2D eigenvalue weighted by Gasteiger charge is -2.26. The minimum absolute atomic E-state index is 0.659. The predicted octanol–water partition coefficient (Wildman–Crippen LogP) is 4.82. The van der Waals surface area contributed by atoms with Crippen LogP contribution in [-0.4, -0.2) is 11.8 Å². The molecule has 0 N–H and O–H groups in total. The Morgan fingerprint density at radius 1 is 1.00 bits per heavy atom. The highest BCUT2D eigenvalue weighted by Crippen LogP contribution is 2.36. The van der Waals surface area contributed by atoms with Crippen LogP contribution in [0.1, 0.15) is 65.7 Å². The molecular formula is C12H27P. The van der Waals surface area contributed by atoms with Crippen molar-refractivity contribution in [3.63, 3.8) is 0 Å². The summed E-state index contributed by atoms with van der Waals surface area (Å²) in [4.78, 5) is 0. The molecule has 0 rings (SSSR count). The standard InChI is InChI=1S/C12H27P/c1-5-7-8-9-10-11-12(3,6-2)13-4/h13H,5-11H2,1-4H3/t12-/m0/s1. The van der Waals surface area contributed by atoms with Crippen molar-refractivity contribution in [3.8, 4) is 0 Å². The smallest absolute Gasteiger partial charge is 0.0155 e. The summed E-state index contributed by atoms with van der Waals surface area (Å²) in [6.45, 7) is 9.42. The molecule has 0 saturated heterocycles. The van der Waals surface area contributed by atoms with E-state index in [0.717, 1.165) is 8.58 Å². The van der Waals surface area contributed by atoms with Crippen molar-refractivity contribution < 1.29 is 0 Å². The minimum Gasteiger partial charge on any atom is -0.119 e. The van der Waals surface area contributed by atoms with E-state index in [-0.39, 0.29) is 0 Å². The summed E-state index contributed by atoms with van der Waals surface area (Å²) in [5, 5.41) is 0.659. The van der Waals surface area contributed by atoms with E-state index in [0.29, 0.717) is 5.16 Å². The van der Waals surface area contributed by atoms with E-state index in [1.165, 1.54) is 44.9 Å². The van der Waals surface area contributed by atoms with Crippen LogP contribution in [0, 0.1) is 0 Å². The van der Waals surface area contributed by atoms with E-state index in [2.05, 4.69) is 27.4 Å². The van der Waals surface area contributed by atoms with Gasteiger partial charge in [-0.25, -0.2) is 0 Å². The van der Waals surface area contributed by atoms with Crippen LogP contribution in [0.4, 0.5) is 0 Å². The van der Waals surface area contributed by atoms with Gasteiger partial charge in [-0.05, 0) is 24.7 Å². The zero-order valence-corrected chi connectivity index (χ0v) is 10.9. The first-order valence-corrected chi connectivity index (χ1v) is 7.37. The van der Waals surface area contributed by atoms with Crippen molar-refractivity contribution in [2.45, 2.75) is 70.9 Å². The number of hydrogen-bond donors (Lipinski definition) is 0. The molecule has 0 saturated carbocycles. The van der Waals surface area contributed by atoms with Gasteiger partial charge >= 0.3 is 0 Å². The van der Waals surface area contributed by atoms with E-state index in [4.69, 9.17) is 0 Å². The van der Waals surface area contributed by atoms with Crippen molar-refractivity contribution in [2.75, 3.05) is 6.66 Å². The molecule has 0 aliphatic rings. The van der Waals surface area contributed by atoms with E-state index < -0.39 is 0 Å². The summed E-state index contributed by atoms with van der Waals surface area (Å²) in [6.07, 6.45) is 9.94. The first kappa shape index (κ1) is 13.4. The number of unbranched alkanes of at least 4 members (excludes halogenated alkanes) is 4. The second-order valence-corrected chi connectivity index (χ2v) is 6.04. The van der Waals surface area contributed by atoms with Crippen molar-refractivity contribution in [1.29, 1.82) is 0 Å². The van der Waals surface area contributed by atoms with Gasteiger partial charge in [0.05, 0.1) is 0 Å². The van der Waals surface area contributed by atoms with Crippen LogP contribution in [0.5, 0.6) is 0 Å². The van der Waals surface area contributed by atoms with Crippen molar-refractivity contribution in [1.82, 2.24) is 0 Å². The second-order valence-electron chi connectivity index (χ2n) is 4.33. The highest BCUT2D eigenvalue weighted by atomic mass is 31.1. The first-order valence-electron chi connectivity index (χ1n) is 5.87. The average molecular weight is 202 g/mol. The second kappa shape index (κ2) is 7.80. The topological polar surface area (TPSA) is 0 Å². The van der Waals surface area contributed by atoms with Gasteiger partial charge in [0.25, 0.3) is 0 Å². The van der Waals surface area contributed by atoms with Crippen LogP contribution in [-0.2, 0) is 0 Å². The minimum atomic E-state index is 0.659. The Morgan fingerprint density at radius 2 is 1.62 bits per heavy atom. The SMILES string of the molecule is CCCCCCC[C@](C)(CC)PC. The Hall–Kier alpha value is 0.430. The molecule has 0 spiro atoms. The van der Waals surface area contributed by atoms with Gasteiger partial charge in [0.1, 0.15) is 0 Å². The highest BCUT2D eigenvalue weighted by molar-refractivity contribution is 7.39. The lowest BCUT2D eigenvalue weighted by atomic mass is 9.99. The Kier molecular flexibility index (Phi) is 8.06. The molecule has 0 bridgehead atoms. The highest BCUT2D eigenvalue weighted by Gasteiger charge is 2.18. The molecule has 0 heterocycles. The quantitative estimate of drug-likeness (QED) is 0.391. The summed E-state index contributed by atoms with van der Waals surface area (Å²) in [5.74, 6) is 0. The van der Waals surface area contributed by atoms with Crippen molar-refractivity contribution in [3.05, 3.63) is 0 Å². The van der Waals surface area contributed by atoms with E-state index in [9.17, 15) is 0 Å². The lowest BCUT2D eigenvalue weighted by molar-refractivity contribution is 0.509. The molecule has 0 radical (unpaired) electrons. The molecule has 0 aromatic rings. The van der Waals surface area contributed by atoms with Gasteiger partial charge in [-0.1, -0.05) is 52.9 Å². The Labute approximate surface area is 86.7 Å². The Morgan fingerprint density at radius 3 is 2.08 bits per heavy atom. The zero-order chi connectivity index (χ0) is 10.2. The van der Waals surface area contributed by atoms with Crippen LogP contribution >= 0.6 is 8.58 Å². The Balaban J connectivity index is 3.39. The van der Waals surface area contributed by atoms with Crippen LogP contribution < -0.4 is 0 Å². The molecule has 0 aliphatic carbocycles. The van der Waals surface area contributed by atoms with Crippen LogP contribution in [0.25, 0.3) is 0 Å². The first-order chi connectivity index (χ1) is 6.18. The molecule has 80 valence electrons. The lowest BCUT2D eigenvalue weighted by Crippen LogP contribution is -2.16. The number of rotatable bonds is 8. The van der Waals surface area contributed by atoms with E-state index >= 15 is 0 Å². The third-order valence-electron chi connectivity index (χ3n) is 3.22. The van der Waals surface area contributed by atoms with E-state index in [1.54, 1.807) is 0 Å². The Bertz CT molecular complexity index is 106. The maximum atomic E-state index is 2.45. The monoisotopic (exact) mass is 202 g/mol. The normalized spacial score (nSPS) is 16.6. The van der Waals surface area contributed by atoms with Crippen LogP contribution in [0.2, 0.25) is 0 Å². The van der Waals surface area contributed by atoms with E-state index in [1.807, 2.05) is 0 Å².